The van der Waals surface area contributed by atoms with Gasteiger partial charge in [-0.3, -0.25) is 0 Å². The summed E-state index contributed by atoms with van der Waals surface area (Å²) in [6.07, 6.45) is 0. The molecular weight excluding hydrogens is 328 g/mol. The van der Waals surface area contributed by atoms with Crippen LogP contribution in [0.1, 0.15) is 11.1 Å². The molecule has 0 saturated carbocycles. The van der Waals surface area contributed by atoms with Gasteiger partial charge in [-0.05, 0) is 30.3 Å². The van der Waals surface area contributed by atoms with Crippen LogP contribution in [0, 0.1) is 11.6 Å². The van der Waals surface area contributed by atoms with E-state index in [9.17, 15) is 8.78 Å². The molecule has 2 rings (SSSR count). The molecule has 0 unspecified atom stereocenters. The number of hydrogen-bond acceptors (Lipinski definition) is 2. The van der Waals surface area contributed by atoms with Gasteiger partial charge in [0.05, 0.1) is 0 Å². The topological polar surface area (TPSA) is 21.3 Å². The smallest absolute Gasteiger partial charge is 0.200 e. The molecule has 0 aliphatic heterocycles. The average Bonchev–Trinajstić information content (AvgIpc) is 2.42. The summed E-state index contributed by atoms with van der Waals surface area (Å²) in [5.41, 5.74) is 2.01. The molecule has 2 aromatic rings. The Bertz CT molecular complexity index is 604. The third-order valence-electron chi connectivity index (χ3n) is 2.73. The van der Waals surface area contributed by atoms with Crippen LogP contribution in [-0.2, 0) is 13.2 Å². The second kappa shape index (κ2) is 6.81. The van der Waals surface area contributed by atoms with Crippen LogP contribution in [0.15, 0.2) is 40.9 Å². The molecule has 0 aliphatic rings. The molecule has 0 aromatic heterocycles. The van der Waals surface area contributed by atoms with E-state index in [2.05, 4.69) is 21.2 Å². The summed E-state index contributed by atoms with van der Waals surface area (Å²) in [4.78, 5) is 0. The molecule has 0 spiro atoms. The Balaban J connectivity index is 2.10. The van der Waals surface area contributed by atoms with Crippen molar-refractivity contribution in [2.75, 3.05) is 7.05 Å². The molecule has 20 heavy (non-hydrogen) atoms. The van der Waals surface area contributed by atoms with Crippen molar-refractivity contribution in [1.82, 2.24) is 5.32 Å². The van der Waals surface area contributed by atoms with Gasteiger partial charge in [-0.25, -0.2) is 4.39 Å². The minimum atomic E-state index is -0.973. The third-order valence-corrected chi connectivity index (χ3v) is 3.18. The number of benzene rings is 2. The number of ether oxygens (including phenoxy) is 1. The van der Waals surface area contributed by atoms with Gasteiger partial charge in [-0.2, -0.15) is 4.39 Å². The maximum Gasteiger partial charge on any atom is 0.200 e. The quantitative estimate of drug-likeness (QED) is 0.829. The highest BCUT2D eigenvalue weighted by Gasteiger charge is 2.11. The zero-order valence-electron chi connectivity index (χ0n) is 10.9. The van der Waals surface area contributed by atoms with E-state index in [4.69, 9.17) is 4.74 Å². The van der Waals surface area contributed by atoms with Crippen LogP contribution in [0.25, 0.3) is 0 Å². The fraction of sp³-hybridized carbons (Fsp3) is 0.200. The van der Waals surface area contributed by atoms with Crippen molar-refractivity contribution < 1.29 is 13.5 Å². The van der Waals surface area contributed by atoms with Crippen molar-refractivity contribution in [2.45, 2.75) is 13.2 Å². The Hall–Kier alpha value is -1.46. The maximum atomic E-state index is 13.6. The van der Waals surface area contributed by atoms with Crippen molar-refractivity contribution in [3.8, 4) is 5.75 Å². The minimum Gasteiger partial charge on any atom is -0.486 e. The highest BCUT2D eigenvalue weighted by Crippen LogP contribution is 2.26. The lowest BCUT2D eigenvalue weighted by atomic mass is 10.1. The molecular formula is C15H14BrF2NO. The third kappa shape index (κ3) is 3.77. The summed E-state index contributed by atoms with van der Waals surface area (Å²) in [7, 11) is 1.86. The number of halogens is 3. The summed E-state index contributed by atoms with van der Waals surface area (Å²) in [6, 6.07) is 10.2. The highest BCUT2D eigenvalue weighted by atomic mass is 79.9. The van der Waals surface area contributed by atoms with E-state index >= 15 is 0 Å². The van der Waals surface area contributed by atoms with Crippen molar-refractivity contribution in [1.29, 1.82) is 0 Å². The van der Waals surface area contributed by atoms with Gasteiger partial charge >= 0.3 is 0 Å². The molecule has 0 amide bonds. The van der Waals surface area contributed by atoms with Crippen LogP contribution >= 0.6 is 15.9 Å². The van der Waals surface area contributed by atoms with Gasteiger partial charge in [0.2, 0.25) is 5.82 Å². The molecule has 0 heterocycles. The number of rotatable bonds is 5. The van der Waals surface area contributed by atoms with Gasteiger partial charge in [0, 0.05) is 11.0 Å². The van der Waals surface area contributed by atoms with Gasteiger partial charge in [0.15, 0.2) is 11.6 Å². The molecule has 0 saturated heterocycles. The molecule has 106 valence electrons. The van der Waals surface area contributed by atoms with Gasteiger partial charge in [0.1, 0.15) is 6.61 Å². The Morgan fingerprint density at radius 1 is 1.15 bits per heavy atom. The lowest BCUT2D eigenvalue weighted by Gasteiger charge is -2.09. The second-order valence-corrected chi connectivity index (χ2v) is 5.25. The molecule has 2 nitrogen and oxygen atoms in total. The SMILES string of the molecule is CNCc1cccc(COc2cc(Br)cc(F)c2F)c1. The van der Waals surface area contributed by atoms with Crippen molar-refractivity contribution in [3.63, 3.8) is 0 Å². The molecule has 0 radical (unpaired) electrons. The van der Waals surface area contributed by atoms with E-state index < -0.39 is 11.6 Å². The van der Waals surface area contributed by atoms with E-state index in [1.54, 1.807) is 0 Å². The van der Waals surface area contributed by atoms with Crippen LogP contribution < -0.4 is 10.1 Å². The predicted octanol–water partition coefficient (Wildman–Crippen LogP) is 4.03. The normalized spacial score (nSPS) is 10.6. The monoisotopic (exact) mass is 341 g/mol. The standard InChI is InChI=1S/C15H14BrF2NO/c1-19-8-10-3-2-4-11(5-10)9-20-14-7-12(16)6-13(17)15(14)18/h2-7,19H,8-9H2,1H3. The Labute approximate surface area is 124 Å². The van der Waals surface area contributed by atoms with Crippen molar-refractivity contribution in [3.05, 3.63) is 63.6 Å². The summed E-state index contributed by atoms with van der Waals surface area (Å²) in [5, 5.41) is 3.05. The molecule has 0 fully saturated rings. The van der Waals surface area contributed by atoms with Crippen LogP contribution in [0.2, 0.25) is 0 Å². The fourth-order valence-corrected chi connectivity index (χ4v) is 2.24. The molecule has 0 atom stereocenters. The number of nitrogens with one attached hydrogen (secondary N) is 1. The van der Waals surface area contributed by atoms with Gasteiger partial charge in [-0.15, -0.1) is 0 Å². The maximum absolute atomic E-state index is 13.6. The number of hydrogen-bond donors (Lipinski definition) is 1. The van der Waals surface area contributed by atoms with Gasteiger partial charge in [-0.1, -0.05) is 40.2 Å². The average molecular weight is 342 g/mol. The first-order chi connectivity index (χ1) is 9.60. The first kappa shape index (κ1) is 14.9. The van der Waals surface area contributed by atoms with E-state index in [1.807, 2.05) is 31.3 Å². The lowest BCUT2D eigenvalue weighted by Crippen LogP contribution is -2.06. The molecule has 0 aliphatic carbocycles. The summed E-state index contributed by atoms with van der Waals surface area (Å²) in [6.45, 7) is 0.929. The van der Waals surface area contributed by atoms with Crippen molar-refractivity contribution >= 4 is 15.9 Å². The van der Waals surface area contributed by atoms with E-state index in [-0.39, 0.29) is 12.4 Å². The van der Waals surface area contributed by atoms with Crippen LogP contribution in [0.5, 0.6) is 5.75 Å². The van der Waals surface area contributed by atoms with Gasteiger partial charge < -0.3 is 10.1 Å². The largest absolute Gasteiger partial charge is 0.486 e. The molecule has 1 N–H and O–H groups in total. The fourth-order valence-electron chi connectivity index (χ4n) is 1.83. The Morgan fingerprint density at radius 2 is 1.90 bits per heavy atom. The van der Waals surface area contributed by atoms with Crippen LogP contribution in [0.3, 0.4) is 0 Å². The molecule has 5 heteroatoms. The first-order valence-corrected chi connectivity index (χ1v) is 6.89. The highest BCUT2D eigenvalue weighted by molar-refractivity contribution is 9.10. The van der Waals surface area contributed by atoms with E-state index in [0.29, 0.717) is 4.47 Å². The minimum absolute atomic E-state index is 0.101. The first-order valence-electron chi connectivity index (χ1n) is 6.10. The molecule has 0 bridgehead atoms. The summed E-state index contributed by atoms with van der Waals surface area (Å²) >= 11 is 3.11. The zero-order chi connectivity index (χ0) is 14.5. The lowest BCUT2D eigenvalue weighted by molar-refractivity contribution is 0.284. The Morgan fingerprint density at radius 3 is 2.65 bits per heavy atom. The summed E-state index contributed by atoms with van der Waals surface area (Å²) < 4.78 is 32.6. The Kier molecular flexibility index (Phi) is 5.09. The van der Waals surface area contributed by atoms with Crippen LogP contribution in [-0.4, -0.2) is 7.05 Å². The predicted molar refractivity (Wildman–Crippen MR) is 77.6 cm³/mol. The van der Waals surface area contributed by atoms with Crippen molar-refractivity contribution in [2.24, 2.45) is 0 Å². The van der Waals surface area contributed by atoms with E-state index in [1.165, 1.54) is 6.07 Å². The molecule has 2 aromatic carbocycles. The van der Waals surface area contributed by atoms with E-state index in [0.717, 1.165) is 23.7 Å². The van der Waals surface area contributed by atoms with Gasteiger partial charge in [0.25, 0.3) is 0 Å². The second-order valence-electron chi connectivity index (χ2n) is 4.34. The summed E-state index contributed by atoms with van der Waals surface area (Å²) in [5.74, 6) is -2.01. The van der Waals surface area contributed by atoms with Crippen LogP contribution in [0.4, 0.5) is 8.78 Å². The zero-order valence-corrected chi connectivity index (χ0v) is 12.5.